The van der Waals surface area contributed by atoms with Crippen molar-refractivity contribution in [1.82, 2.24) is 0 Å². The van der Waals surface area contributed by atoms with Crippen LogP contribution in [-0.2, 0) is 4.79 Å². The molecule has 2 amide bonds. The SMILES string of the molecule is CCC(Sc1cccc(NC(=O)c2ccc(C(=O)O)cc2C(=O)O)c1)C(=O)Nc1cc(C)ccc1C. The fourth-order valence-corrected chi connectivity index (χ4v) is 4.48. The van der Waals surface area contributed by atoms with Crippen LogP contribution < -0.4 is 10.6 Å². The molecule has 0 radical (unpaired) electrons. The topological polar surface area (TPSA) is 133 Å². The van der Waals surface area contributed by atoms with Gasteiger partial charge >= 0.3 is 11.9 Å². The lowest BCUT2D eigenvalue weighted by molar-refractivity contribution is -0.115. The standard InChI is InChI=1S/C27H26N2O6S/c1-4-23(25(31)29-22-12-15(2)8-9-16(22)3)36-19-7-5-6-18(14-19)28-24(30)20-11-10-17(26(32)33)13-21(20)27(34)35/h5-14,23H,4H2,1-3H3,(H,28,30)(H,29,31)(H,32,33)(H,34,35). The number of rotatable bonds is 9. The van der Waals surface area contributed by atoms with Crippen molar-refractivity contribution in [2.75, 3.05) is 10.6 Å². The highest BCUT2D eigenvalue weighted by Gasteiger charge is 2.21. The maximum absolute atomic E-state index is 12.9. The summed E-state index contributed by atoms with van der Waals surface area (Å²) < 4.78 is 0. The third kappa shape index (κ3) is 6.51. The molecule has 3 aromatic rings. The van der Waals surface area contributed by atoms with E-state index in [1.807, 2.05) is 45.0 Å². The van der Waals surface area contributed by atoms with Crippen LogP contribution in [0.25, 0.3) is 0 Å². The van der Waals surface area contributed by atoms with Crippen LogP contribution in [0.4, 0.5) is 11.4 Å². The minimum atomic E-state index is -1.41. The highest BCUT2D eigenvalue weighted by atomic mass is 32.2. The zero-order valence-electron chi connectivity index (χ0n) is 20.0. The van der Waals surface area contributed by atoms with Crippen LogP contribution in [0.5, 0.6) is 0 Å². The van der Waals surface area contributed by atoms with E-state index in [4.69, 9.17) is 5.11 Å². The van der Waals surface area contributed by atoms with Crippen molar-refractivity contribution in [1.29, 1.82) is 0 Å². The number of carbonyl (C=O) groups is 4. The molecular formula is C27H26N2O6S. The Hall–Kier alpha value is -4.11. The van der Waals surface area contributed by atoms with E-state index in [0.29, 0.717) is 12.1 Å². The second-order valence-electron chi connectivity index (χ2n) is 8.17. The molecule has 3 aromatic carbocycles. The number of carbonyl (C=O) groups excluding carboxylic acids is 2. The first-order valence-corrected chi connectivity index (χ1v) is 12.0. The van der Waals surface area contributed by atoms with Crippen LogP contribution in [0.3, 0.4) is 0 Å². The molecule has 0 heterocycles. The average molecular weight is 507 g/mol. The third-order valence-corrected chi connectivity index (χ3v) is 6.78. The monoisotopic (exact) mass is 506 g/mol. The van der Waals surface area contributed by atoms with Gasteiger partial charge in [0.15, 0.2) is 0 Å². The first-order chi connectivity index (χ1) is 17.1. The first kappa shape index (κ1) is 26.5. The summed E-state index contributed by atoms with van der Waals surface area (Å²) in [5.41, 5.74) is 2.39. The Balaban J connectivity index is 1.75. The van der Waals surface area contributed by atoms with Crippen LogP contribution in [0.1, 0.15) is 55.5 Å². The lowest BCUT2D eigenvalue weighted by Gasteiger charge is -2.17. The van der Waals surface area contributed by atoms with E-state index >= 15 is 0 Å². The fraction of sp³-hybridized carbons (Fsp3) is 0.185. The quantitative estimate of drug-likeness (QED) is 0.283. The van der Waals surface area contributed by atoms with Gasteiger partial charge in [-0.3, -0.25) is 9.59 Å². The van der Waals surface area contributed by atoms with Crippen molar-refractivity contribution in [3.05, 3.63) is 88.5 Å². The van der Waals surface area contributed by atoms with Gasteiger partial charge < -0.3 is 20.8 Å². The number of amides is 2. The lowest BCUT2D eigenvalue weighted by atomic mass is 10.0. The summed E-state index contributed by atoms with van der Waals surface area (Å²) in [5, 5.41) is 23.8. The number of aryl methyl sites for hydroxylation is 2. The molecule has 1 unspecified atom stereocenters. The predicted octanol–water partition coefficient (Wildman–Crippen LogP) is 5.46. The molecule has 1 atom stereocenters. The van der Waals surface area contributed by atoms with Crippen molar-refractivity contribution in [3.8, 4) is 0 Å². The molecule has 0 spiro atoms. The zero-order chi connectivity index (χ0) is 26.4. The van der Waals surface area contributed by atoms with Crippen molar-refractivity contribution in [3.63, 3.8) is 0 Å². The smallest absolute Gasteiger partial charge is 0.336 e. The van der Waals surface area contributed by atoms with Gasteiger partial charge in [-0.2, -0.15) is 0 Å². The van der Waals surface area contributed by atoms with Crippen LogP contribution in [-0.4, -0.2) is 39.2 Å². The molecule has 3 rings (SSSR count). The average Bonchev–Trinajstić information content (AvgIpc) is 2.84. The van der Waals surface area contributed by atoms with Crippen molar-refractivity contribution < 1.29 is 29.4 Å². The second-order valence-corrected chi connectivity index (χ2v) is 9.45. The molecule has 0 aromatic heterocycles. The van der Waals surface area contributed by atoms with Gasteiger partial charge in [0.2, 0.25) is 5.91 Å². The second kappa shape index (κ2) is 11.5. The molecule has 0 bridgehead atoms. The van der Waals surface area contributed by atoms with E-state index in [1.165, 1.54) is 23.9 Å². The third-order valence-electron chi connectivity index (χ3n) is 5.43. The molecule has 8 nitrogen and oxygen atoms in total. The number of aromatic carboxylic acids is 2. The van der Waals surface area contributed by atoms with Gasteiger partial charge in [-0.25, -0.2) is 9.59 Å². The minimum Gasteiger partial charge on any atom is -0.478 e. The summed E-state index contributed by atoms with van der Waals surface area (Å²) in [6.07, 6.45) is 0.579. The van der Waals surface area contributed by atoms with Gasteiger partial charge in [-0.1, -0.05) is 25.1 Å². The summed E-state index contributed by atoms with van der Waals surface area (Å²) >= 11 is 1.35. The summed E-state index contributed by atoms with van der Waals surface area (Å²) in [6.45, 7) is 5.81. The van der Waals surface area contributed by atoms with Crippen molar-refractivity contribution >= 4 is 46.9 Å². The van der Waals surface area contributed by atoms with E-state index in [0.717, 1.165) is 27.8 Å². The molecule has 0 aliphatic carbocycles. The summed E-state index contributed by atoms with van der Waals surface area (Å²) in [7, 11) is 0. The van der Waals surface area contributed by atoms with E-state index in [1.54, 1.807) is 18.2 Å². The van der Waals surface area contributed by atoms with E-state index < -0.39 is 23.4 Å². The molecule has 186 valence electrons. The first-order valence-electron chi connectivity index (χ1n) is 11.2. The fourth-order valence-electron chi connectivity index (χ4n) is 3.47. The maximum Gasteiger partial charge on any atom is 0.336 e. The van der Waals surface area contributed by atoms with Gasteiger partial charge in [-0.05, 0) is 73.9 Å². The Morgan fingerprint density at radius 2 is 1.61 bits per heavy atom. The van der Waals surface area contributed by atoms with E-state index in [9.17, 15) is 24.3 Å². The summed E-state index contributed by atoms with van der Waals surface area (Å²) in [6, 6.07) is 16.0. The maximum atomic E-state index is 12.9. The number of hydrogen-bond donors (Lipinski definition) is 4. The molecular weight excluding hydrogens is 480 g/mol. The molecule has 36 heavy (non-hydrogen) atoms. The van der Waals surface area contributed by atoms with Gasteiger partial charge in [0.25, 0.3) is 5.91 Å². The van der Waals surface area contributed by atoms with Gasteiger partial charge in [0.1, 0.15) is 0 Å². The number of thioether (sulfide) groups is 1. The number of benzene rings is 3. The van der Waals surface area contributed by atoms with Gasteiger partial charge in [0, 0.05) is 16.3 Å². The normalized spacial score (nSPS) is 11.4. The largest absolute Gasteiger partial charge is 0.478 e. The van der Waals surface area contributed by atoms with Crippen molar-refractivity contribution in [2.45, 2.75) is 37.3 Å². The Bertz CT molecular complexity index is 1340. The van der Waals surface area contributed by atoms with Gasteiger partial charge in [-0.15, -0.1) is 11.8 Å². The number of carboxylic acid groups (broad SMARTS) is 2. The van der Waals surface area contributed by atoms with E-state index in [2.05, 4.69) is 10.6 Å². The number of hydrogen-bond acceptors (Lipinski definition) is 5. The van der Waals surface area contributed by atoms with E-state index in [-0.39, 0.29) is 22.3 Å². The Morgan fingerprint density at radius 3 is 2.28 bits per heavy atom. The highest BCUT2D eigenvalue weighted by molar-refractivity contribution is 8.00. The molecule has 0 aliphatic rings. The Labute approximate surface area is 212 Å². The number of anilines is 2. The molecule has 4 N–H and O–H groups in total. The highest BCUT2D eigenvalue weighted by Crippen LogP contribution is 2.29. The summed E-state index contributed by atoms with van der Waals surface area (Å²) in [4.78, 5) is 49.2. The molecule has 9 heteroatoms. The predicted molar refractivity (Wildman–Crippen MR) is 139 cm³/mol. The minimum absolute atomic E-state index is 0.129. The Kier molecular flexibility index (Phi) is 8.50. The molecule has 0 saturated carbocycles. The summed E-state index contributed by atoms with van der Waals surface area (Å²) in [5.74, 6) is -3.52. The lowest BCUT2D eigenvalue weighted by Crippen LogP contribution is -2.25. The van der Waals surface area contributed by atoms with Crippen LogP contribution in [0.2, 0.25) is 0 Å². The van der Waals surface area contributed by atoms with Crippen LogP contribution in [0.15, 0.2) is 65.6 Å². The van der Waals surface area contributed by atoms with Crippen LogP contribution in [0, 0.1) is 13.8 Å². The molecule has 0 fully saturated rings. The Morgan fingerprint density at radius 1 is 0.861 bits per heavy atom. The molecule has 0 aliphatic heterocycles. The molecule has 0 saturated heterocycles. The van der Waals surface area contributed by atoms with Gasteiger partial charge in [0.05, 0.1) is 21.9 Å². The zero-order valence-corrected chi connectivity index (χ0v) is 20.8. The number of carboxylic acids is 2. The van der Waals surface area contributed by atoms with Crippen molar-refractivity contribution in [2.24, 2.45) is 0 Å². The van der Waals surface area contributed by atoms with Crippen LogP contribution >= 0.6 is 11.8 Å². The number of nitrogens with one attached hydrogen (secondary N) is 2.